The Morgan fingerprint density at radius 3 is 2.78 bits per heavy atom. The molecule has 1 unspecified atom stereocenters. The first-order valence-electron chi connectivity index (χ1n) is 7.54. The Kier molecular flexibility index (Phi) is 4.39. The second-order valence-corrected chi connectivity index (χ2v) is 5.63. The lowest BCUT2D eigenvalue weighted by Crippen LogP contribution is -2.11. The molecule has 5 heteroatoms. The minimum absolute atomic E-state index is 0.243. The Bertz CT molecular complexity index is 782. The molecule has 2 heterocycles. The van der Waals surface area contributed by atoms with Gasteiger partial charge in [0.2, 0.25) is 0 Å². The highest BCUT2D eigenvalue weighted by atomic mass is 16.3. The highest BCUT2D eigenvalue weighted by Gasteiger charge is 2.15. The standard InChI is InChI=1S/C18H19N3O2/c1-13(22)8-17-18(15-5-3-7-19-10-15)20-12-21(17)11-14-4-2-6-16(23)9-14/h2-7,9-10,12-13,22-23H,8,11H2,1H3. The van der Waals surface area contributed by atoms with Crippen molar-refractivity contribution in [2.75, 3.05) is 0 Å². The fourth-order valence-electron chi connectivity index (χ4n) is 2.63. The lowest BCUT2D eigenvalue weighted by molar-refractivity contribution is 0.193. The number of phenolic OH excluding ortho intramolecular Hbond substituents is 1. The third kappa shape index (κ3) is 3.57. The van der Waals surface area contributed by atoms with Crippen LogP contribution in [0.3, 0.4) is 0 Å². The zero-order valence-corrected chi connectivity index (χ0v) is 12.9. The number of hydrogen-bond donors (Lipinski definition) is 2. The zero-order valence-electron chi connectivity index (χ0n) is 12.9. The zero-order chi connectivity index (χ0) is 16.2. The molecule has 0 saturated heterocycles. The number of phenols is 1. The molecule has 0 radical (unpaired) electrons. The third-order valence-corrected chi connectivity index (χ3v) is 3.63. The van der Waals surface area contributed by atoms with Crippen molar-refractivity contribution in [2.45, 2.75) is 26.0 Å². The molecule has 0 aliphatic carbocycles. The summed E-state index contributed by atoms with van der Waals surface area (Å²) in [5, 5.41) is 19.4. The van der Waals surface area contributed by atoms with Crippen molar-refractivity contribution in [3.63, 3.8) is 0 Å². The number of nitrogens with zero attached hydrogens (tertiary/aromatic N) is 3. The predicted molar refractivity (Wildman–Crippen MR) is 88.1 cm³/mol. The van der Waals surface area contributed by atoms with Gasteiger partial charge in [0.05, 0.1) is 18.1 Å². The van der Waals surface area contributed by atoms with E-state index in [2.05, 4.69) is 9.97 Å². The van der Waals surface area contributed by atoms with Crippen molar-refractivity contribution < 1.29 is 10.2 Å². The van der Waals surface area contributed by atoms with Crippen LogP contribution < -0.4 is 0 Å². The van der Waals surface area contributed by atoms with Gasteiger partial charge in [0.1, 0.15) is 5.75 Å². The summed E-state index contributed by atoms with van der Waals surface area (Å²) in [5.74, 6) is 0.243. The number of aromatic nitrogens is 3. The maximum absolute atomic E-state index is 9.83. The summed E-state index contributed by atoms with van der Waals surface area (Å²) in [6, 6.07) is 11.0. The van der Waals surface area contributed by atoms with Gasteiger partial charge in [0.15, 0.2) is 0 Å². The average molecular weight is 309 g/mol. The molecule has 2 N–H and O–H groups in total. The molecule has 0 saturated carbocycles. The molecule has 118 valence electrons. The molecule has 1 aromatic carbocycles. The van der Waals surface area contributed by atoms with Gasteiger partial charge in [-0.1, -0.05) is 12.1 Å². The number of hydrogen-bond acceptors (Lipinski definition) is 4. The monoisotopic (exact) mass is 309 g/mol. The SMILES string of the molecule is CC(O)Cc1c(-c2cccnc2)ncn1Cc1cccc(O)c1. The number of aliphatic hydroxyl groups is 1. The van der Waals surface area contributed by atoms with Gasteiger partial charge in [-0.3, -0.25) is 4.98 Å². The summed E-state index contributed by atoms with van der Waals surface area (Å²) in [6.45, 7) is 2.35. The highest BCUT2D eigenvalue weighted by molar-refractivity contribution is 5.60. The minimum atomic E-state index is -0.468. The van der Waals surface area contributed by atoms with Gasteiger partial charge in [-0.2, -0.15) is 0 Å². The van der Waals surface area contributed by atoms with Crippen molar-refractivity contribution in [1.82, 2.24) is 14.5 Å². The summed E-state index contributed by atoms with van der Waals surface area (Å²) < 4.78 is 2.00. The molecule has 0 spiro atoms. The highest BCUT2D eigenvalue weighted by Crippen LogP contribution is 2.24. The number of aromatic hydroxyl groups is 1. The van der Waals surface area contributed by atoms with Gasteiger partial charge in [-0.05, 0) is 36.8 Å². The molecule has 0 aliphatic heterocycles. The largest absolute Gasteiger partial charge is 0.508 e. The normalized spacial score (nSPS) is 12.3. The van der Waals surface area contributed by atoms with Crippen LogP contribution in [0.15, 0.2) is 55.1 Å². The first kappa shape index (κ1) is 15.2. The van der Waals surface area contributed by atoms with Crippen LogP contribution in [0, 0.1) is 0 Å². The molecule has 0 aliphatic rings. The minimum Gasteiger partial charge on any atom is -0.508 e. The first-order valence-corrected chi connectivity index (χ1v) is 7.54. The van der Waals surface area contributed by atoms with Crippen LogP contribution in [-0.2, 0) is 13.0 Å². The topological polar surface area (TPSA) is 71.2 Å². The maximum Gasteiger partial charge on any atom is 0.115 e. The number of imidazole rings is 1. The van der Waals surface area contributed by atoms with E-state index in [-0.39, 0.29) is 5.75 Å². The number of pyridine rings is 1. The molecule has 0 fully saturated rings. The molecule has 0 amide bonds. The smallest absolute Gasteiger partial charge is 0.115 e. The van der Waals surface area contributed by atoms with Crippen LogP contribution in [0.4, 0.5) is 0 Å². The molecule has 3 aromatic rings. The number of rotatable bonds is 5. The summed E-state index contributed by atoms with van der Waals surface area (Å²) in [7, 11) is 0. The van der Waals surface area contributed by atoms with Gasteiger partial charge in [-0.15, -0.1) is 0 Å². The Hall–Kier alpha value is -2.66. The Morgan fingerprint density at radius 2 is 2.09 bits per heavy atom. The van der Waals surface area contributed by atoms with Crippen LogP contribution in [0.25, 0.3) is 11.3 Å². The summed E-state index contributed by atoms with van der Waals surface area (Å²) in [6.07, 6.45) is 5.30. The van der Waals surface area contributed by atoms with E-state index >= 15 is 0 Å². The summed E-state index contributed by atoms with van der Waals surface area (Å²) in [4.78, 5) is 8.65. The van der Waals surface area contributed by atoms with E-state index in [0.29, 0.717) is 13.0 Å². The molecule has 1 atom stereocenters. The summed E-state index contributed by atoms with van der Waals surface area (Å²) >= 11 is 0. The maximum atomic E-state index is 9.83. The van der Waals surface area contributed by atoms with Gasteiger partial charge in [0.25, 0.3) is 0 Å². The van der Waals surface area contributed by atoms with Crippen LogP contribution >= 0.6 is 0 Å². The Balaban J connectivity index is 1.98. The van der Waals surface area contributed by atoms with E-state index in [1.165, 1.54) is 0 Å². The van der Waals surface area contributed by atoms with Crippen molar-refractivity contribution in [1.29, 1.82) is 0 Å². The third-order valence-electron chi connectivity index (χ3n) is 3.63. The van der Waals surface area contributed by atoms with Crippen molar-refractivity contribution in [2.24, 2.45) is 0 Å². The van der Waals surface area contributed by atoms with Crippen molar-refractivity contribution >= 4 is 0 Å². The number of aliphatic hydroxyl groups excluding tert-OH is 1. The van der Waals surface area contributed by atoms with Crippen LogP contribution in [-0.4, -0.2) is 30.9 Å². The van der Waals surface area contributed by atoms with Crippen LogP contribution in [0.1, 0.15) is 18.2 Å². The molecule has 5 nitrogen and oxygen atoms in total. The fourth-order valence-corrected chi connectivity index (χ4v) is 2.63. The second kappa shape index (κ2) is 6.62. The molecule has 2 aromatic heterocycles. The lowest BCUT2D eigenvalue weighted by Gasteiger charge is -2.12. The summed E-state index contributed by atoms with van der Waals surface area (Å²) in [5.41, 5.74) is 3.69. The van der Waals surface area contributed by atoms with Crippen molar-refractivity contribution in [3.05, 3.63) is 66.4 Å². The quantitative estimate of drug-likeness (QED) is 0.760. The molecule has 0 bridgehead atoms. The van der Waals surface area contributed by atoms with Crippen LogP contribution in [0.2, 0.25) is 0 Å². The average Bonchev–Trinajstić information content (AvgIpc) is 2.90. The molecular formula is C18H19N3O2. The van der Waals surface area contributed by atoms with Crippen molar-refractivity contribution in [3.8, 4) is 17.0 Å². The Morgan fingerprint density at radius 1 is 1.22 bits per heavy atom. The van der Waals surface area contributed by atoms with Gasteiger partial charge < -0.3 is 14.8 Å². The first-order chi connectivity index (χ1) is 11.1. The van der Waals surface area contributed by atoms with Gasteiger partial charge in [-0.25, -0.2) is 4.98 Å². The second-order valence-electron chi connectivity index (χ2n) is 5.63. The Labute approximate surface area is 134 Å². The van der Waals surface area contributed by atoms with E-state index < -0.39 is 6.10 Å². The fraction of sp³-hybridized carbons (Fsp3) is 0.222. The predicted octanol–water partition coefficient (Wildman–Crippen LogP) is 2.62. The van der Waals surface area contributed by atoms with E-state index in [1.807, 2.05) is 28.8 Å². The molecular weight excluding hydrogens is 290 g/mol. The van der Waals surface area contributed by atoms with Gasteiger partial charge >= 0.3 is 0 Å². The van der Waals surface area contributed by atoms with Crippen LogP contribution in [0.5, 0.6) is 5.75 Å². The van der Waals surface area contributed by atoms with E-state index in [1.54, 1.807) is 37.8 Å². The lowest BCUT2D eigenvalue weighted by atomic mass is 10.1. The molecule has 23 heavy (non-hydrogen) atoms. The van der Waals surface area contributed by atoms with Gasteiger partial charge in [0, 0.05) is 36.6 Å². The van der Waals surface area contributed by atoms with E-state index in [9.17, 15) is 10.2 Å². The van der Waals surface area contributed by atoms with E-state index in [4.69, 9.17) is 0 Å². The van der Waals surface area contributed by atoms with E-state index in [0.717, 1.165) is 22.5 Å². The molecule has 3 rings (SSSR count). The number of benzene rings is 1.